The number of thiazole rings is 1. The molecule has 2 aromatic rings. The first kappa shape index (κ1) is 11.6. The third-order valence-corrected chi connectivity index (χ3v) is 4.70. The van der Waals surface area contributed by atoms with Crippen molar-refractivity contribution in [3.8, 4) is 0 Å². The van der Waals surface area contributed by atoms with Crippen molar-refractivity contribution in [1.82, 2.24) is 4.98 Å². The maximum Gasteiger partial charge on any atom is 0.240 e. The quantitative estimate of drug-likeness (QED) is 0.595. The van der Waals surface area contributed by atoms with Gasteiger partial charge in [0, 0.05) is 5.92 Å². The number of aliphatic imine (C=N–C) groups is 1. The normalized spacial score (nSPS) is 16.7. The molecule has 0 radical (unpaired) electrons. The molecule has 4 heteroatoms. The van der Waals surface area contributed by atoms with E-state index < -0.39 is 0 Å². The molecule has 92 valence electrons. The van der Waals surface area contributed by atoms with E-state index in [1.807, 2.05) is 18.2 Å². The summed E-state index contributed by atoms with van der Waals surface area (Å²) >= 11 is 1.74. The molecule has 3 rings (SSSR count). The minimum absolute atomic E-state index is 0.633. The van der Waals surface area contributed by atoms with E-state index >= 15 is 0 Å². The highest BCUT2D eigenvalue weighted by Crippen LogP contribution is 2.37. The maximum atomic E-state index is 10.3. The molecule has 0 bridgehead atoms. The van der Waals surface area contributed by atoms with Crippen LogP contribution in [0.25, 0.3) is 10.2 Å². The summed E-state index contributed by atoms with van der Waals surface area (Å²) in [6.07, 6.45) is 8.11. The van der Waals surface area contributed by atoms with Crippen molar-refractivity contribution in [3.63, 3.8) is 0 Å². The number of hydrogen-bond acceptors (Lipinski definition) is 4. The number of benzene rings is 1. The zero-order valence-electron chi connectivity index (χ0n) is 10.1. The average Bonchev–Trinajstić information content (AvgIpc) is 2.83. The maximum absolute atomic E-state index is 10.3. The Morgan fingerprint density at radius 2 is 2.11 bits per heavy atom. The lowest BCUT2D eigenvalue weighted by Gasteiger charge is -2.18. The monoisotopic (exact) mass is 258 g/mol. The first-order valence-electron chi connectivity index (χ1n) is 6.35. The van der Waals surface area contributed by atoms with Gasteiger partial charge in [-0.2, -0.15) is 4.99 Å². The Hall–Kier alpha value is -1.51. The Kier molecular flexibility index (Phi) is 3.22. The van der Waals surface area contributed by atoms with Gasteiger partial charge in [-0.05, 0) is 31.0 Å². The number of carbonyl (C=O) groups excluding carboxylic acids is 1. The number of fused-ring (bicyclic) bond motifs is 1. The molecule has 0 spiro atoms. The Morgan fingerprint density at radius 1 is 1.28 bits per heavy atom. The van der Waals surface area contributed by atoms with E-state index in [1.54, 1.807) is 17.4 Å². The van der Waals surface area contributed by atoms with E-state index in [4.69, 9.17) is 4.98 Å². The first-order chi connectivity index (χ1) is 8.86. The summed E-state index contributed by atoms with van der Waals surface area (Å²) in [6.45, 7) is 0. The third kappa shape index (κ3) is 2.22. The standard InChI is InChI=1S/C14H14N2OS/c17-9-15-11-6-7-12-13(8-11)18-14(16-12)10-4-2-1-3-5-10/h6-8,10H,1-5H2. The Morgan fingerprint density at radius 3 is 2.89 bits per heavy atom. The highest BCUT2D eigenvalue weighted by atomic mass is 32.1. The Labute approximate surface area is 110 Å². The zero-order chi connectivity index (χ0) is 12.4. The van der Waals surface area contributed by atoms with Crippen LogP contribution in [0.5, 0.6) is 0 Å². The minimum Gasteiger partial charge on any atom is -0.241 e. The second-order valence-corrected chi connectivity index (χ2v) is 5.80. The molecule has 1 aliphatic rings. The lowest BCUT2D eigenvalue weighted by Crippen LogP contribution is -2.03. The van der Waals surface area contributed by atoms with Crippen LogP contribution in [-0.4, -0.2) is 11.1 Å². The number of hydrogen-bond donors (Lipinski definition) is 0. The van der Waals surface area contributed by atoms with Gasteiger partial charge in [-0.3, -0.25) is 0 Å². The van der Waals surface area contributed by atoms with Crippen LogP contribution in [0.1, 0.15) is 43.0 Å². The molecule has 0 amide bonds. The lowest BCUT2D eigenvalue weighted by molar-refractivity contribution is 0.443. The molecule has 18 heavy (non-hydrogen) atoms. The Balaban J connectivity index is 1.96. The summed E-state index contributed by atoms with van der Waals surface area (Å²) in [5.41, 5.74) is 1.68. The molecule has 0 saturated heterocycles. The van der Waals surface area contributed by atoms with Gasteiger partial charge in [-0.25, -0.2) is 9.78 Å². The van der Waals surface area contributed by atoms with Crippen molar-refractivity contribution in [3.05, 3.63) is 23.2 Å². The summed E-state index contributed by atoms with van der Waals surface area (Å²) in [6, 6.07) is 5.68. The second kappa shape index (κ2) is 5.01. The van der Waals surface area contributed by atoms with Crippen LogP contribution < -0.4 is 0 Å². The molecular formula is C14H14N2OS. The third-order valence-electron chi connectivity index (χ3n) is 3.52. The number of isocyanates is 1. The van der Waals surface area contributed by atoms with Crippen molar-refractivity contribution in [1.29, 1.82) is 0 Å². The average molecular weight is 258 g/mol. The first-order valence-corrected chi connectivity index (χ1v) is 7.17. The second-order valence-electron chi connectivity index (χ2n) is 4.74. The molecule has 0 atom stereocenters. The van der Waals surface area contributed by atoms with Gasteiger partial charge in [0.1, 0.15) is 0 Å². The van der Waals surface area contributed by atoms with Gasteiger partial charge in [0.05, 0.1) is 20.9 Å². The fourth-order valence-corrected chi connectivity index (χ4v) is 3.75. The molecular weight excluding hydrogens is 244 g/mol. The molecule has 0 unspecified atom stereocenters. The molecule has 1 heterocycles. The molecule has 1 saturated carbocycles. The van der Waals surface area contributed by atoms with Crippen LogP contribution in [0.4, 0.5) is 5.69 Å². The molecule has 0 N–H and O–H groups in total. The van der Waals surface area contributed by atoms with Gasteiger partial charge >= 0.3 is 0 Å². The SMILES string of the molecule is O=C=Nc1ccc2nc(C3CCCCC3)sc2c1. The van der Waals surface area contributed by atoms with Crippen molar-refractivity contribution in [2.24, 2.45) is 4.99 Å². The number of rotatable bonds is 2. The topological polar surface area (TPSA) is 42.3 Å². The van der Waals surface area contributed by atoms with Crippen LogP contribution in [0.15, 0.2) is 23.2 Å². The summed E-state index contributed by atoms with van der Waals surface area (Å²) in [7, 11) is 0. The van der Waals surface area contributed by atoms with E-state index in [2.05, 4.69) is 4.99 Å². The fourth-order valence-electron chi connectivity index (χ4n) is 2.58. The molecule has 1 aromatic carbocycles. The fraction of sp³-hybridized carbons (Fsp3) is 0.429. The summed E-state index contributed by atoms with van der Waals surface area (Å²) in [5, 5.41) is 1.25. The van der Waals surface area contributed by atoms with Crippen molar-refractivity contribution >= 4 is 33.3 Å². The zero-order valence-corrected chi connectivity index (χ0v) is 10.9. The van der Waals surface area contributed by atoms with Crippen molar-refractivity contribution in [2.75, 3.05) is 0 Å². The molecule has 3 nitrogen and oxygen atoms in total. The van der Waals surface area contributed by atoms with Crippen LogP contribution in [0.3, 0.4) is 0 Å². The Bertz CT molecular complexity index is 607. The number of nitrogens with zero attached hydrogens (tertiary/aromatic N) is 2. The van der Waals surface area contributed by atoms with Gasteiger partial charge in [0.25, 0.3) is 0 Å². The van der Waals surface area contributed by atoms with Gasteiger partial charge in [-0.1, -0.05) is 19.3 Å². The minimum atomic E-state index is 0.633. The van der Waals surface area contributed by atoms with E-state index in [-0.39, 0.29) is 0 Å². The smallest absolute Gasteiger partial charge is 0.240 e. The lowest BCUT2D eigenvalue weighted by atomic mass is 9.90. The number of aromatic nitrogens is 1. The van der Waals surface area contributed by atoms with Crippen molar-refractivity contribution < 1.29 is 4.79 Å². The molecule has 1 aliphatic carbocycles. The van der Waals surface area contributed by atoms with Crippen molar-refractivity contribution in [2.45, 2.75) is 38.0 Å². The largest absolute Gasteiger partial charge is 0.241 e. The summed E-state index contributed by atoms with van der Waals surface area (Å²) in [5.74, 6) is 0.633. The predicted molar refractivity (Wildman–Crippen MR) is 73.2 cm³/mol. The van der Waals surface area contributed by atoms with Gasteiger partial charge in [0.2, 0.25) is 6.08 Å². The summed E-state index contributed by atoms with van der Waals surface area (Å²) in [4.78, 5) is 18.6. The highest BCUT2D eigenvalue weighted by molar-refractivity contribution is 7.18. The van der Waals surface area contributed by atoms with Gasteiger partial charge < -0.3 is 0 Å². The van der Waals surface area contributed by atoms with E-state index in [0.717, 1.165) is 10.2 Å². The van der Waals surface area contributed by atoms with Crippen LogP contribution in [0, 0.1) is 0 Å². The van der Waals surface area contributed by atoms with Gasteiger partial charge in [0.15, 0.2) is 0 Å². The van der Waals surface area contributed by atoms with E-state index in [0.29, 0.717) is 11.6 Å². The molecule has 1 fully saturated rings. The van der Waals surface area contributed by atoms with Gasteiger partial charge in [-0.15, -0.1) is 11.3 Å². The molecule has 0 aliphatic heterocycles. The van der Waals surface area contributed by atoms with E-state index in [1.165, 1.54) is 37.1 Å². The highest BCUT2D eigenvalue weighted by Gasteiger charge is 2.19. The van der Waals surface area contributed by atoms with Crippen LogP contribution in [-0.2, 0) is 4.79 Å². The van der Waals surface area contributed by atoms with E-state index in [9.17, 15) is 4.79 Å². The summed E-state index contributed by atoms with van der Waals surface area (Å²) < 4.78 is 1.12. The molecule has 1 aromatic heterocycles. The van der Waals surface area contributed by atoms with Crippen LogP contribution in [0.2, 0.25) is 0 Å². The van der Waals surface area contributed by atoms with Crippen LogP contribution >= 0.6 is 11.3 Å². The predicted octanol–water partition coefficient (Wildman–Crippen LogP) is 4.31.